The van der Waals surface area contributed by atoms with E-state index in [4.69, 9.17) is 5.73 Å². The number of amides is 1. The molecule has 0 saturated carbocycles. The predicted octanol–water partition coefficient (Wildman–Crippen LogP) is 2.60. The molecule has 6 heteroatoms. The van der Waals surface area contributed by atoms with Gasteiger partial charge < -0.3 is 15.6 Å². The average Bonchev–Trinajstić information content (AvgIpc) is 2.96. The van der Waals surface area contributed by atoms with Crippen molar-refractivity contribution < 1.29 is 4.79 Å². The maximum atomic E-state index is 12.3. The Kier molecular flexibility index (Phi) is 3.90. The monoisotopic (exact) mass is 278 g/mol. The maximum absolute atomic E-state index is 12.3. The summed E-state index contributed by atoms with van der Waals surface area (Å²) in [4.78, 5) is 16.5. The van der Waals surface area contributed by atoms with Gasteiger partial charge in [0.25, 0.3) is 5.91 Å². The Morgan fingerprint density at radius 1 is 1.47 bits per heavy atom. The first-order valence-corrected chi connectivity index (χ1v) is 7.04. The lowest BCUT2D eigenvalue weighted by atomic mass is 10.3. The van der Waals surface area contributed by atoms with Gasteiger partial charge in [-0.05, 0) is 26.8 Å². The number of thiazole rings is 1. The van der Waals surface area contributed by atoms with E-state index < -0.39 is 0 Å². The number of anilines is 1. The zero-order valence-electron chi connectivity index (χ0n) is 11.3. The summed E-state index contributed by atoms with van der Waals surface area (Å²) in [6.07, 6.45) is 3.52. The molecule has 0 aromatic carbocycles. The highest BCUT2D eigenvalue weighted by molar-refractivity contribution is 7.09. The number of hydrogen-bond acceptors (Lipinski definition) is 4. The van der Waals surface area contributed by atoms with Crippen LogP contribution in [-0.2, 0) is 0 Å². The van der Waals surface area contributed by atoms with E-state index >= 15 is 0 Å². The standard InChI is InChI=1S/C13H18N4OS/c1-8(2)17-7-10(14)6-11(17)12(18)16-9(3)13-15-4-5-19-13/h4-9H,14H2,1-3H3,(H,16,18). The molecule has 19 heavy (non-hydrogen) atoms. The minimum absolute atomic E-state index is 0.107. The third-order valence-electron chi connectivity index (χ3n) is 2.83. The summed E-state index contributed by atoms with van der Waals surface area (Å²) in [7, 11) is 0. The van der Waals surface area contributed by atoms with Crippen LogP contribution in [-0.4, -0.2) is 15.5 Å². The van der Waals surface area contributed by atoms with Gasteiger partial charge in [0, 0.05) is 23.8 Å². The highest BCUT2D eigenvalue weighted by Crippen LogP contribution is 2.19. The minimum Gasteiger partial charge on any atom is -0.397 e. The highest BCUT2D eigenvalue weighted by atomic mass is 32.1. The van der Waals surface area contributed by atoms with Crippen LogP contribution in [0.1, 0.15) is 48.4 Å². The van der Waals surface area contributed by atoms with E-state index in [0.29, 0.717) is 11.4 Å². The van der Waals surface area contributed by atoms with E-state index in [2.05, 4.69) is 10.3 Å². The summed E-state index contributed by atoms with van der Waals surface area (Å²) in [6, 6.07) is 1.78. The van der Waals surface area contributed by atoms with Crippen molar-refractivity contribution in [2.45, 2.75) is 32.9 Å². The van der Waals surface area contributed by atoms with E-state index in [1.54, 1.807) is 18.5 Å². The van der Waals surface area contributed by atoms with E-state index in [-0.39, 0.29) is 18.0 Å². The molecule has 5 nitrogen and oxygen atoms in total. The molecule has 0 saturated heterocycles. The van der Waals surface area contributed by atoms with Crippen molar-refractivity contribution in [3.05, 3.63) is 34.5 Å². The number of aromatic nitrogens is 2. The van der Waals surface area contributed by atoms with Crippen LogP contribution in [0.3, 0.4) is 0 Å². The number of carbonyl (C=O) groups excluding carboxylic acids is 1. The zero-order chi connectivity index (χ0) is 14.0. The van der Waals surface area contributed by atoms with E-state index in [1.165, 1.54) is 11.3 Å². The summed E-state index contributed by atoms with van der Waals surface area (Å²) in [5.74, 6) is -0.131. The Balaban J connectivity index is 2.16. The molecule has 1 atom stereocenters. The fourth-order valence-corrected chi connectivity index (χ4v) is 2.54. The van der Waals surface area contributed by atoms with Crippen molar-refractivity contribution in [2.75, 3.05) is 5.73 Å². The maximum Gasteiger partial charge on any atom is 0.268 e. The van der Waals surface area contributed by atoms with E-state index in [0.717, 1.165) is 5.01 Å². The lowest BCUT2D eigenvalue weighted by Gasteiger charge is -2.15. The molecular weight excluding hydrogens is 260 g/mol. The summed E-state index contributed by atoms with van der Waals surface area (Å²) in [5.41, 5.74) is 6.95. The fraction of sp³-hybridized carbons (Fsp3) is 0.385. The van der Waals surface area contributed by atoms with Crippen LogP contribution in [0, 0.1) is 0 Å². The smallest absolute Gasteiger partial charge is 0.268 e. The zero-order valence-corrected chi connectivity index (χ0v) is 12.1. The van der Waals surface area contributed by atoms with Gasteiger partial charge in [-0.3, -0.25) is 4.79 Å². The minimum atomic E-state index is -0.131. The molecule has 0 fully saturated rings. The van der Waals surface area contributed by atoms with Gasteiger partial charge in [0.2, 0.25) is 0 Å². The van der Waals surface area contributed by atoms with Crippen LogP contribution >= 0.6 is 11.3 Å². The molecule has 0 radical (unpaired) electrons. The Morgan fingerprint density at radius 3 is 2.79 bits per heavy atom. The van der Waals surface area contributed by atoms with Gasteiger partial charge in [-0.1, -0.05) is 0 Å². The molecule has 0 aliphatic heterocycles. The Morgan fingerprint density at radius 2 is 2.21 bits per heavy atom. The van der Waals surface area contributed by atoms with Crippen molar-refractivity contribution in [1.29, 1.82) is 0 Å². The molecule has 0 aliphatic rings. The fourth-order valence-electron chi connectivity index (χ4n) is 1.89. The van der Waals surface area contributed by atoms with Gasteiger partial charge >= 0.3 is 0 Å². The van der Waals surface area contributed by atoms with Crippen LogP contribution in [0.2, 0.25) is 0 Å². The summed E-state index contributed by atoms with van der Waals surface area (Å²) < 4.78 is 1.87. The second-order valence-corrected chi connectivity index (χ2v) is 5.65. The molecule has 3 N–H and O–H groups in total. The van der Waals surface area contributed by atoms with E-state index in [9.17, 15) is 4.79 Å². The first-order valence-electron chi connectivity index (χ1n) is 6.16. The van der Waals surface area contributed by atoms with Crippen LogP contribution in [0.25, 0.3) is 0 Å². The lowest BCUT2D eigenvalue weighted by Crippen LogP contribution is -2.28. The Hall–Kier alpha value is -1.82. The molecule has 0 aliphatic carbocycles. The van der Waals surface area contributed by atoms with Gasteiger partial charge in [-0.25, -0.2) is 4.98 Å². The van der Waals surface area contributed by atoms with Crippen LogP contribution in [0.5, 0.6) is 0 Å². The van der Waals surface area contributed by atoms with Crippen molar-refractivity contribution in [3.8, 4) is 0 Å². The van der Waals surface area contributed by atoms with Gasteiger partial charge in [-0.2, -0.15) is 0 Å². The van der Waals surface area contributed by atoms with Crippen molar-refractivity contribution in [2.24, 2.45) is 0 Å². The number of nitrogens with one attached hydrogen (secondary N) is 1. The molecule has 102 valence electrons. The van der Waals surface area contributed by atoms with Crippen molar-refractivity contribution in [1.82, 2.24) is 14.9 Å². The summed E-state index contributed by atoms with van der Waals surface area (Å²) >= 11 is 1.53. The average molecular weight is 278 g/mol. The molecule has 1 amide bonds. The molecule has 2 rings (SSSR count). The normalized spacial score (nSPS) is 12.6. The largest absolute Gasteiger partial charge is 0.397 e. The lowest BCUT2D eigenvalue weighted by molar-refractivity contribution is 0.0929. The number of rotatable bonds is 4. The number of nitrogen functional groups attached to an aromatic ring is 1. The second kappa shape index (κ2) is 5.44. The molecule has 2 heterocycles. The number of nitrogens with two attached hydrogens (primary N) is 1. The number of nitrogens with zero attached hydrogens (tertiary/aromatic N) is 2. The van der Waals surface area contributed by atoms with Gasteiger partial charge in [0.1, 0.15) is 10.7 Å². The van der Waals surface area contributed by atoms with E-state index in [1.807, 2.05) is 30.7 Å². The first kappa shape index (κ1) is 13.6. The van der Waals surface area contributed by atoms with Crippen molar-refractivity contribution in [3.63, 3.8) is 0 Å². The molecule has 0 spiro atoms. The van der Waals surface area contributed by atoms with Gasteiger partial charge in [0.15, 0.2) is 0 Å². The molecule has 0 bridgehead atoms. The third-order valence-corrected chi connectivity index (χ3v) is 3.79. The molecule has 1 unspecified atom stereocenters. The van der Waals surface area contributed by atoms with Gasteiger partial charge in [-0.15, -0.1) is 11.3 Å². The Labute approximate surface area is 116 Å². The summed E-state index contributed by atoms with van der Waals surface area (Å²) in [6.45, 7) is 5.95. The van der Waals surface area contributed by atoms with Crippen LogP contribution < -0.4 is 11.1 Å². The highest BCUT2D eigenvalue weighted by Gasteiger charge is 2.18. The second-order valence-electron chi connectivity index (χ2n) is 4.73. The van der Waals surface area contributed by atoms with Crippen molar-refractivity contribution >= 4 is 22.9 Å². The quantitative estimate of drug-likeness (QED) is 0.903. The first-order chi connectivity index (χ1) is 8.99. The third kappa shape index (κ3) is 2.96. The Bertz CT molecular complexity index is 559. The SMILES string of the molecule is CC(NC(=O)c1cc(N)cn1C(C)C)c1nccs1. The van der Waals surface area contributed by atoms with Crippen LogP contribution in [0.4, 0.5) is 5.69 Å². The topological polar surface area (TPSA) is 72.9 Å². The molecule has 2 aromatic heterocycles. The number of carbonyl (C=O) groups is 1. The predicted molar refractivity (Wildman–Crippen MR) is 77.2 cm³/mol. The number of hydrogen-bond donors (Lipinski definition) is 2. The molecule has 2 aromatic rings. The summed E-state index contributed by atoms with van der Waals surface area (Å²) in [5, 5.41) is 5.73. The van der Waals surface area contributed by atoms with Gasteiger partial charge in [0.05, 0.1) is 11.7 Å². The van der Waals surface area contributed by atoms with Crippen LogP contribution in [0.15, 0.2) is 23.8 Å². The molecular formula is C13H18N4OS.